The Bertz CT molecular complexity index is 866. The lowest BCUT2D eigenvalue weighted by molar-refractivity contribution is -0.129. The smallest absolute Gasteiger partial charge is 0.163 e. The summed E-state index contributed by atoms with van der Waals surface area (Å²) >= 11 is 0. The molecule has 1 aliphatic rings. The van der Waals surface area contributed by atoms with Gasteiger partial charge in [0.25, 0.3) is 0 Å². The van der Waals surface area contributed by atoms with E-state index in [1.165, 1.54) is 61.3 Å². The molecular formula is C34H56O3. The Kier molecular flexibility index (Phi) is 15.9. The maximum absolute atomic E-state index is 13.5. The van der Waals surface area contributed by atoms with Crippen LogP contribution in [0, 0.1) is 24.7 Å². The zero-order valence-corrected chi connectivity index (χ0v) is 25.4. The molecule has 3 atom stereocenters. The van der Waals surface area contributed by atoms with Crippen molar-refractivity contribution >= 4 is 17.3 Å². The minimum Gasteiger partial charge on any atom is -0.300 e. The number of fused-ring (bicyclic) bond motifs is 1. The van der Waals surface area contributed by atoms with Crippen molar-refractivity contribution in [3.8, 4) is 0 Å². The third-order valence-corrected chi connectivity index (χ3v) is 7.96. The summed E-state index contributed by atoms with van der Waals surface area (Å²) < 4.78 is 0. The van der Waals surface area contributed by atoms with Crippen LogP contribution in [-0.4, -0.2) is 17.3 Å². The maximum Gasteiger partial charge on any atom is 0.163 e. The summed E-state index contributed by atoms with van der Waals surface area (Å²) in [5.74, 6) is 0.818. The van der Waals surface area contributed by atoms with Crippen LogP contribution in [0.1, 0.15) is 152 Å². The van der Waals surface area contributed by atoms with E-state index in [-0.39, 0.29) is 35.7 Å². The monoisotopic (exact) mass is 512 g/mol. The summed E-state index contributed by atoms with van der Waals surface area (Å²) in [6.45, 7) is 16.5. The number of hydrogen-bond donors (Lipinski definition) is 0. The van der Waals surface area contributed by atoms with Crippen LogP contribution in [0.3, 0.4) is 0 Å². The topological polar surface area (TPSA) is 51.2 Å². The van der Waals surface area contributed by atoms with Crippen molar-refractivity contribution in [2.24, 2.45) is 17.8 Å². The van der Waals surface area contributed by atoms with Crippen molar-refractivity contribution < 1.29 is 14.4 Å². The molecule has 1 aliphatic carbocycles. The van der Waals surface area contributed by atoms with Gasteiger partial charge in [0, 0.05) is 17.9 Å². The van der Waals surface area contributed by atoms with Gasteiger partial charge in [-0.1, -0.05) is 86.1 Å². The summed E-state index contributed by atoms with van der Waals surface area (Å²) in [6, 6.07) is 2.38. The van der Waals surface area contributed by atoms with Gasteiger partial charge in [-0.25, -0.2) is 0 Å². The number of rotatable bonds is 15. The zero-order valence-electron chi connectivity index (χ0n) is 25.4. The Labute approximate surface area is 228 Å². The van der Waals surface area contributed by atoms with E-state index < -0.39 is 0 Å². The molecule has 0 fully saturated rings. The molecule has 0 heterocycles. The Morgan fingerprint density at radius 3 is 2.16 bits per heavy atom. The number of hydrogen-bond acceptors (Lipinski definition) is 3. The van der Waals surface area contributed by atoms with Crippen molar-refractivity contribution in [2.45, 2.75) is 145 Å². The van der Waals surface area contributed by atoms with Crippen LogP contribution in [-0.2, 0) is 28.9 Å². The SMILES string of the molecule is CCC.CCCCCCc1cc(CC)c(C)c2c1CC(CC(CCC)C(CC)C(=O)CC(C)=O)CC2=O. The molecule has 0 radical (unpaired) electrons. The van der Waals surface area contributed by atoms with Gasteiger partial charge in [-0.2, -0.15) is 0 Å². The number of carbonyl (C=O) groups excluding carboxylic acids is 3. The van der Waals surface area contributed by atoms with E-state index in [0.29, 0.717) is 12.2 Å². The summed E-state index contributed by atoms with van der Waals surface area (Å²) in [6.07, 6.45) is 13.5. The van der Waals surface area contributed by atoms with Crippen molar-refractivity contribution in [1.82, 2.24) is 0 Å². The largest absolute Gasteiger partial charge is 0.300 e. The van der Waals surface area contributed by atoms with Gasteiger partial charge in [0.05, 0.1) is 6.42 Å². The van der Waals surface area contributed by atoms with Gasteiger partial charge in [-0.15, -0.1) is 0 Å². The number of aryl methyl sites for hydroxylation is 2. The lowest BCUT2D eigenvalue weighted by Crippen LogP contribution is -2.30. The predicted octanol–water partition coefficient (Wildman–Crippen LogP) is 9.22. The molecule has 0 bridgehead atoms. The highest BCUT2D eigenvalue weighted by Gasteiger charge is 2.34. The van der Waals surface area contributed by atoms with Crippen molar-refractivity contribution in [3.63, 3.8) is 0 Å². The summed E-state index contributed by atoms with van der Waals surface area (Å²) in [4.78, 5) is 37.9. The molecule has 1 aromatic rings. The van der Waals surface area contributed by atoms with E-state index in [2.05, 4.69) is 54.5 Å². The Hall–Kier alpha value is -1.77. The first-order chi connectivity index (χ1) is 17.7. The van der Waals surface area contributed by atoms with E-state index in [1.807, 2.05) is 0 Å². The molecule has 0 saturated heterocycles. The molecule has 210 valence electrons. The van der Waals surface area contributed by atoms with E-state index in [1.54, 1.807) is 0 Å². The van der Waals surface area contributed by atoms with Gasteiger partial charge in [-0.05, 0) is 86.5 Å². The molecule has 37 heavy (non-hydrogen) atoms. The second-order valence-electron chi connectivity index (χ2n) is 11.4. The third kappa shape index (κ3) is 10.1. The van der Waals surface area contributed by atoms with E-state index in [0.717, 1.165) is 50.5 Å². The highest BCUT2D eigenvalue weighted by atomic mass is 16.1. The van der Waals surface area contributed by atoms with Gasteiger partial charge >= 0.3 is 0 Å². The molecule has 0 aliphatic heterocycles. The molecule has 3 unspecified atom stereocenters. The Balaban J connectivity index is 0.00000217. The highest BCUT2D eigenvalue weighted by molar-refractivity contribution is 6.01. The molecule has 0 spiro atoms. The van der Waals surface area contributed by atoms with Gasteiger partial charge in [0.2, 0.25) is 0 Å². The fourth-order valence-corrected chi connectivity index (χ4v) is 6.27. The first-order valence-corrected chi connectivity index (χ1v) is 15.4. The molecule has 3 heteroatoms. The van der Waals surface area contributed by atoms with Crippen LogP contribution in [0.4, 0.5) is 0 Å². The van der Waals surface area contributed by atoms with Crippen LogP contribution in [0.15, 0.2) is 6.07 Å². The average Bonchev–Trinajstić information content (AvgIpc) is 2.83. The van der Waals surface area contributed by atoms with Crippen molar-refractivity contribution in [3.05, 3.63) is 33.9 Å². The molecule has 0 amide bonds. The quantitative estimate of drug-likeness (QED) is 0.174. The second kappa shape index (κ2) is 17.7. The molecule has 3 nitrogen and oxygen atoms in total. The average molecular weight is 513 g/mol. The molecule has 0 N–H and O–H groups in total. The van der Waals surface area contributed by atoms with Gasteiger partial charge in [0.1, 0.15) is 11.6 Å². The Morgan fingerprint density at radius 1 is 0.946 bits per heavy atom. The molecule has 0 saturated carbocycles. The molecule has 2 rings (SSSR count). The normalized spacial score (nSPS) is 16.4. The van der Waals surface area contributed by atoms with Gasteiger partial charge in [-0.3, -0.25) is 14.4 Å². The van der Waals surface area contributed by atoms with Crippen LogP contribution < -0.4 is 0 Å². The fourth-order valence-electron chi connectivity index (χ4n) is 6.27. The van der Waals surface area contributed by atoms with Gasteiger partial charge < -0.3 is 0 Å². The number of carbonyl (C=O) groups is 3. The fraction of sp³-hybridized carbons (Fsp3) is 0.735. The summed E-state index contributed by atoms with van der Waals surface area (Å²) in [5.41, 5.74) is 6.20. The lowest BCUT2D eigenvalue weighted by atomic mass is 9.70. The number of Topliss-reactive ketones (excluding diaryl/α,β-unsaturated/α-hetero) is 3. The van der Waals surface area contributed by atoms with E-state index in [4.69, 9.17) is 0 Å². The van der Waals surface area contributed by atoms with E-state index >= 15 is 0 Å². The Morgan fingerprint density at radius 2 is 1.62 bits per heavy atom. The van der Waals surface area contributed by atoms with Crippen LogP contribution in [0.25, 0.3) is 0 Å². The minimum absolute atomic E-state index is 0.0459. The van der Waals surface area contributed by atoms with Crippen LogP contribution in [0.2, 0.25) is 0 Å². The van der Waals surface area contributed by atoms with E-state index in [9.17, 15) is 14.4 Å². The number of benzene rings is 1. The number of unbranched alkanes of at least 4 members (excludes halogenated alkanes) is 3. The first-order valence-electron chi connectivity index (χ1n) is 15.4. The number of ketones is 3. The summed E-state index contributed by atoms with van der Waals surface area (Å²) in [7, 11) is 0. The van der Waals surface area contributed by atoms with Crippen LogP contribution in [0.5, 0.6) is 0 Å². The summed E-state index contributed by atoms with van der Waals surface area (Å²) in [5, 5.41) is 0. The highest BCUT2D eigenvalue weighted by Crippen LogP contribution is 2.38. The molecule has 0 aromatic heterocycles. The first kappa shape index (κ1) is 33.3. The second-order valence-corrected chi connectivity index (χ2v) is 11.4. The van der Waals surface area contributed by atoms with Crippen LogP contribution >= 0.6 is 0 Å². The minimum atomic E-state index is -0.0712. The molecular weight excluding hydrogens is 456 g/mol. The lowest BCUT2D eigenvalue weighted by Gasteiger charge is -2.33. The molecule has 1 aromatic carbocycles. The third-order valence-electron chi connectivity index (χ3n) is 7.96. The zero-order chi connectivity index (χ0) is 28.0. The maximum atomic E-state index is 13.5. The standard InChI is InChI=1S/C31H48O3.C3H8/c1-7-11-12-13-15-26-20-24(9-3)22(6)31-28(26)18-23(19-30(31)34)17-25(14-8-2)27(10-4)29(33)16-21(5)32;1-3-2/h20,23,25,27H,7-19H2,1-6H3;3H2,1-2H3. The van der Waals surface area contributed by atoms with Gasteiger partial charge in [0.15, 0.2) is 5.78 Å². The predicted molar refractivity (Wildman–Crippen MR) is 158 cm³/mol. The van der Waals surface area contributed by atoms with Crippen molar-refractivity contribution in [2.75, 3.05) is 0 Å². The van der Waals surface area contributed by atoms with Crippen molar-refractivity contribution in [1.29, 1.82) is 0 Å².